The van der Waals surface area contributed by atoms with Crippen LogP contribution in [0.15, 0.2) is 0 Å². The fraction of sp³-hybridized carbons (Fsp3) is 0.462. The first kappa shape index (κ1) is 15.9. The summed E-state index contributed by atoms with van der Waals surface area (Å²) in [5.74, 6) is 1.44. The van der Waals surface area contributed by atoms with Crippen LogP contribution >= 0.6 is 22.6 Å². The zero-order valence-electron chi connectivity index (χ0n) is 11.6. The first-order valence-electron chi connectivity index (χ1n) is 5.55. The van der Waals surface area contributed by atoms with Crippen LogP contribution < -0.4 is 14.2 Å². The molecule has 19 heavy (non-hydrogen) atoms. The topological polar surface area (TPSA) is 54.0 Å². The van der Waals surface area contributed by atoms with Crippen molar-refractivity contribution >= 4 is 28.6 Å². The summed E-state index contributed by atoms with van der Waals surface area (Å²) in [6.07, 6.45) is 0.102. The molecule has 6 heteroatoms. The van der Waals surface area contributed by atoms with Crippen LogP contribution in [0.3, 0.4) is 0 Å². The molecule has 0 atom stereocenters. The molecule has 0 saturated heterocycles. The van der Waals surface area contributed by atoms with Crippen LogP contribution in [0.4, 0.5) is 0 Å². The van der Waals surface area contributed by atoms with E-state index in [0.717, 1.165) is 9.13 Å². The van der Waals surface area contributed by atoms with Crippen molar-refractivity contribution in [3.05, 3.63) is 14.7 Å². The maximum Gasteiger partial charge on any atom is 0.310 e. The van der Waals surface area contributed by atoms with Gasteiger partial charge < -0.3 is 18.9 Å². The Kier molecular flexibility index (Phi) is 5.71. The molecule has 0 spiro atoms. The lowest BCUT2D eigenvalue weighted by molar-refractivity contribution is -0.139. The highest BCUT2D eigenvalue weighted by Crippen LogP contribution is 2.44. The number of halogens is 1. The van der Waals surface area contributed by atoms with Gasteiger partial charge in [-0.25, -0.2) is 0 Å². The van der Waals surface area contributed by atoms with Crippen LogP contribution in [-0.2, 0) is 16.0 Å². The molecule has 1 aromatic carbocycles. The minimum absolute atomic E-state index is 0.102. The summed E-state index contributed by atoms with van der Waals surface area (Å²) < 4.78 is 21.6. The van der Waals surface area contributed by atoms with Gasteiger partial charge in [0.1, 0.15) is 5.75 Å². The fourth-order valence-electron chi connectivity index (χ4n) is 1.89. The van der Waals surface area contributed by atoms with Crippen molar-refractivity contribution in [1.82, 2.24) is 0 Å². The van der Waals surface area contributed by atoms with Crippen LogP contribution in [0.1, 0.15) is 11.1 Å². The first-order valence-corrected chi connectivity index (χ1v) is 6.63. The number of ether oxygens (including phenoxy) is 4. The summed E-state index contributed by atoms with van der Waals surface area (Å²) in [7, 11) is 6.03. The molecule has 0 aliphatic carbocycles. The highest BCUT2D eigenvalue weighted by molar-refractivity contribution is 14.1. The van der Waals surface area contributed by atoms with E-state index < -0.39 is 0 Å². The minimum atomic E-state index is -0.343. The first-order chi connectivity index (χ1) is 9.01. The molecule has 106 valence electrons. The summed E-state index contributed by atoms with van der Waals surface area (Å²) in [5.41, 5.74) is 1.54. The SMILES string of the molecule is COC(=O)Cc1c(I)c(OC)c(C)c(OC)c1OC. The molecule has 0 aliphatic rings. The summed E-state index contributed by atoms with van der Waals surface area (Å²) >= 11 is 2.13. The number of rotatable bonds is 5. The second-order valence-electron chi connectivity index (χ2n) is 3.77. The van der Waals surface area contributed by atoms with Gasteiger partial charge in [0.15, 0.2) is 11.5 Å². The molecule has 0 fully saturated rings. The number of carbonyl (C=O) groups is 1. The number of methoxy groups -OCH3 is 4. The Labute approximate surface area is 126 Å². The Morgan fingerprint density at radius 1 is 1.00 bits per heavy atom. The molecule has 0 amide bonds. The molecule has 1 aromatic rings. The van der Waals surface area contributed by atoms with Gasteiger partial charge in [-0.15, -0.1) is 0 Å². The van der Waals surface area contributed by atoms with Gasteiger partial charge in [0.2, 0.25) is 0 Å². The zero-order valence-corrected chi connectivity index (χ0v) is 13.8. The van der Waals surface area contributed by atoms with E-state index in [-0.39, 0.29) is 12.4 Å². The average molecular weight is 380 g/mol. The van der Waals surface area contributed by atoms with Crippen molar-refractivity contribution in [2.45, 2.75) is 13.3 Å². The van der Waals surface area contributed by atoms with Crippen LogP contribution in [0.25, 0.3) is 0 Å². The van der Waals surface area contributed by atoms with Crippen molar-refractivity contribution in [1.29, 1.82) is 0 Å². The highest BCUT2D eigenvalue weighted by Gasteiger charge is 2.24. The van der Waals surface area contributed by atoms with Gasteiger partial charge in [0.05, 0.1) is 38.4 Å². The van der Waals surface area contributed by atoms with Crippen molar-refractivity contribution < 1.29 is 23.7 Å². The van der Waals surface area contributed by atoms with E-state index in [0.29, 0.717) is 22.8 Å². The molecule has 0 heterocycles. The largest absolute Gasteiger partial charge is 0.495 e. The third-order valence-corrected chi connectivity index (χ3v) is 3.93. The summed E-state index contributed by atoms with van der Waals surface area (Å²) in [4.78, 5) is 11.5. The lowest BCUT2D eigenvalue weighted by Gasteiger charge is -2.19. The number of benzene rings is 1. The molecule has 0 unspecified atom stereocenters. The number of esters is 1. The number of hydrogen-bond donors (Lipinski definition) is 0. The minimum Gasteiger partial charge on any atom is -0.495 e. The predicted molar refractivity (Wildman–Crippen MR) is 79.3 cm³/mol. The Bertz CT molecular complexity index is 485. The van der Waals surface area contributed by atoms with E-state index in [1.165, 1.54) is 7.11 Å². The molecule has 0 aromatic heterocycles. The predicted octanol–water partition coefficient (Wildman–Crippen LogP) is 2.34. The average Bonchev–Trinajstić information content (AvgIpc) is 2.41. The molecule has 0 saturated carbocycles. The second-order valence-corrected chi connectivity index (χ2v) is 4.85. The molecule has 0 N–H and O–H groups in total. The van der Waals surface area contributed by atoms with E-state index >= 15 is 0 Å². The molecular weight excluding hydrogens is 363 g/mol. The lowest BCUT2D eigenvalue weighted by Crippen LogP contribution is -2.10. The Morgan fingerprint density at radius 3 is 1.95 bits per heavy atom. The number of hydrogen-bond acceptors (Lipinski definition) is 5. The molecular formula is C13H17IO5. The third kappa shape index (κ3) is 3.05. The second kappa shape index (κ2) is 6.83. The molecule has 0 radical (unpaired) electrons. The Hall–Kier alpha value is -1.18. The van der Waals surface area contributed by atoms with E-state index in [1.807, 2.05) is 6.92 Å². The van der Waals surface area contributed by atoms with Crippen LogP contribution in [0, 0.1) is 10.5 Å². The van der Waals surface area contributed by atoms with Crippen LogP contribution in [0.2, 0.25) is 0 Å². The smallest absolute Gasteiger partial charge is 0.310 e. The van der Waals surface area contributed by atoms with Crippen molar-refractivity contribution in [2.75, 3.05) is 28.4 Å². The Morgan fingerprint density at radius 2 is 1.53 bits per heavy atom. The molecule has 0 bridgehead atoms. The lowest BCUT2D eigenvalue weighted by atomic mass is 10.1. The quantitative estimate of drug-likeness (QED) is 0.580. The van der Waals surface area contributed by atoms with Crippen molar-refractivity contribution in [2.24, 2.45) is 0 Å². The van der Waals surface area contributed by atoms with Gasteiger partial charge in [-0.05, 0) is 29.5 Å². The standard InChI is InChI=1S/C13H17IO5/c1-7-11(17-3)10(14)8(6-9(15)16-2)13(19-5)12(7)18-4/h6H2,1-5H3. The summed E-state index contributed by atoms with van der Waals surface area (Å²) in [5, 5.41) is 0. The van der Waals surface area contributed by atoms with Crippen molar-refractivity contribution in [3.63, 3.8) is 0 Å². The van der Waals surface area contributed by atoms with E-state index in [1.54, 1.807) is 21.3 Å². The van der Waals surface area contributed by atoms with Gasteiger partial charge in [-0.3, -0.25) is 4.79 Å². The van der Waals surface area contributed by atoms with E-state index in [9.17, 15) is 4.79 Å². The van der Waals surface area contributed by atoms with E-state index in [2.05, 4.69) is 22.6 Å². The summed E-state index contributed by atoms with van der Waals surface area (Å²) in [6.45, 7) is 1.88. The summed E-state index contributed by atoms with van der Waals surface area (Å²) in [6, 6.07) is 0. The zero-order chi connectivity index (χ0) is 14.6. The maximum absolute atomic E-state index is 11.5. The molecule has 5 nitrogen and oxygen atoms in total. The monoisotopic (exact) mass is 380 g/mol. The van der Waals surface area contributed by atoms with Crippen molar-refractivity contribution in [3.8, 4) is 17.2 Å². The van der Waals surface area contributed by atoms with E-state index in [4.69, 9.17) is 18.9 Å². The van der Waals surface area contributed by atoms with Gasteiger partial charge in [0.25, 0.3) is 0 Å². The van der Waals surface area contributed by atoms with Gasteiger partial charge in [-0.1, -0.05) is 0 Å². The molecule has 0 aliphatic heterocycles. The Balaban J connectivity index is 3.53. The number of carbonyl (C=O) groups excluding carboxylic acids is 1. The van der Waals surface area contributed by atoms with Crippen LogP contribution in [0.5, 0.6) is 17.2 Å². The fourth-order valence-corrected chi connectivity index (χ4v) is 2.95. The van der Waals surface area contributed by atoms with Gasteiger partial charge in [-0.2, -0.15) is 0 Å². The van der Waals surface area contributed by atoms with Gasteiger partial charge >= 0.3 is 5.97 Å². The molecule has 1 rings (SSSR count). The highest BCUT2D eigenvalue weighted by atomic mass is 127. The van der Waals surface area contributed by atoms with Crippen LogP contribution in [-0.4, -0.2) is 34.4 Å². The van der Waals surface area contributed by atoms with Gasteiger partial charge in [0, 0.05) is 11.1 Å². The maximum atomic E-state index is 11.5. The normalized spacial score (nSPS) is 10.0. The third-order valence-electron chi connectivity index (χ3n) is 2.79.